The lowest BCUT2D eigenvalue weighted by molar-refractivity contribution is 0.263. The van der Waals surface area contributed by atoms with Crippen molar-refractivity contribution in [1.29, 1.82) is 0 Å². The SMILES string of the molecule is CN1CCC(Nc2cc(Br)ncn2)CC1. The van der Waals surface area contributed by atoms with Crippen LogP contribution in [0.25, 0.3) is 0 Å². The van der Waals surface area contributed by atoms with E-state index >= 15 is 0 Å². The van der Waals surface area contributed by atoms with E-state index in [1.54, 1.807) is 6.33 Å². The van der Waals surface area contributed by atoms with E-state index in [0.717, 1.165) is 23.5 Å². The Bertz CT molecular complexity index is 323. The van der Waals surface area contributed by atoms with Gasteiger partial charge in [-0.05, 0) is 48.9 Å². The van der Waals surface area contributed by atoms with E-state index < -0.39 is 0 Å². The van der Waals surface area contributed by atoms with E-state index in [0.29, 0.717) is 6.04 Å². The first-order chi connectivity index (χ1) is 7.24. The van der Waals surface area contributed by atoms with E-state index in [2.05, 4.69) is 43.2 Å². The van der Waals surface area contributed by atoms with Gasteiger partial charge in [0, 0.05) is 12.1 Å². The molecular weight excluding hydrogens is 256 g/mol. The van der Waals surface area contributed by atoms with Gasteiger partial charge in [-0.3, -0.25) is 0 Å². The molecule has 1 fully saturated rings. The van der Waals surface area contributed by atoms with Gasteiger partial charge >= 0.3 is 0 Å². The molecular formula is C10H15BrN4. The van der Waals surface area contributed by atoms with Gasteiger partial charge in [-0.1, -0.05) is 0 Å². The van der Waals surface area contributed by atoms with Crippen LogP contribution >= 0.6 is 15.9 Å². The Balaban J connectivity index is 1.92. The maximum absolute atomic E-state index is 4.19. The topological polar surface area (TPSA) is 41.0 Å². The molecule has 82 valence electrons. The summed E-state index contributed by atoms with van der Waals surface area (Å²) in [6, 6.07) is 2.46. The normalized spacial score (nSPS) is 19.1. The van der Waals surface area contributed by atoms with Crippen molar-refractivity contribution in [3.63, 3.8) is 0 Å². The second-order valence-corrected chi connectivity index (χ2v) is 4.76. The van der Waals surface area contributed by atoms with Crippen LogP contribution in [0.3, 0.4) is 0 Å². The van der Waals surface area contributed by atoms with Gasteiger partial charge in [0.1, 0.15) is 16.7 Å². The number of anilines is 1. The smallest absolute Gasteiger partial charge is 0.130 e. The summed E-state index contributed by atoms with van der Waals surface area (Å²) in [6.07, 6.45) is 3.93. The minimum atomic E-state index is 0.544. The summed E-state index contributed by atoms with van der Waals surface area (Å²) in [5.74, 6) is 0.909. The van der Waals surface area contributed by atoms with Crippen molar-refractivity contribution in [2.75, 3.05) is 25.5 Å². The number of nitrogens with zero attached hydrogens (tertiary/aromatic N) is 3. The lowest BCUT2D eigenvalue weighted by Crippen LogP contribution is -2.36. The Morgan fingerprint density at radius 1 is 1.40 bits per heavy atom. The van der Waals surface area contributed by atoms with Crippen LogP contribution in [0.2, 0.25) is 0 Å². The highest BCUT2D eigenvalue weighted by Gasteiger charge is 2.16. The number of hydrogen-bond acceptors (Lipinski definition) is 4. The maximum Gasteiger partial charge on any atom is 0.130 e. The molecule has 2 rings (SSSR count). The van der Waals surface area contributed by atoms with Gasteiger partial charge in [-0.25, -0.2) is 9.97 Å². The molecule has 2 heterocycles. The molecule has 5 heteroatoms. The van der Waals surface area contributed by atoms with E-state index in [4.69, 9.17) is 0 Å². The maximum atomic E-state index is 4.19. The highest BCUT2D eigenvalue weighted by atomic mass is 79.9. The quantitative estimate of drug-likeness (QED) is 0.832. The molecule has 1 aliphatic rings. The Morgan fingerprint density at radius 3 is 2.80 bits per heavy atom. The number of piperidine rings is 1. The average molecular weight is 271 g/mol. The third-order valence-corrected chi connectivity index (χ3v) is 3.14. The first-order valence-electron chi connectivity index (χ1n) is 5.16. The van der Waals surface area contributed by atoms with Gasteiger partial charge in [0.25, 0.3) is 0 Å². The number of halogens is 1. The minimum Gasteiger partial charge on any atom is -0.367 e. The molecule has 4 nitrogen and oxygen atoms in total. The van der Waals surface area contributed by atoms with Crippen LogP contribution in [0.15, 0.2) is 17.0 Å². The molecule has 0 radical (unpaired) electrons. The predicted molar refractivity (Wildman–Crippen MR) is 63.9 cm³/mol. The van der Waals surface area contributed by atoms with Gasteiger partial charge in [-0.15, -0.1) is 0 Å². The van der Waals surface area contributed by atoms with E-state index in [1.807, 2.05) is 6.07 Å². The Hall–Kier alpha value is -0.680. The zero-order valence-corrected chi connectivity index (χ0v) is 10.4. The summed E-state index contributed by atoms with van der Waals surface area (Å²) in [6.45, 7) is 2.31. The lowest BCUT2D eigenvalue weighted by atomic mass is 10.1. The molecule has 0 aromatic carbocycles. The van der Waals surface area contributed by atoms with Crippen molar-refractivity contribution < 1.29 is 0 Å². The fourth-order valence-corrected chi connectivity index (χ4v) is 2.08. The van der Waals surface area contributed by atoms with E-state index in [1.165, 1.54) is 12.8 Å². The summed E-state index contributed by atoms with van der Waals surface area (Å²) >= 11 is 3.34. The Labute approximate surface area is 98.2 Å². The van der Waals surface area contributed by atoms with Crippen molar-refractivity contribution in [2.45, 2.75) is 18.9 Å². The number of likely N-dealkylation sites (tertiary alicyclic amines) is 1. The van der Waals surface area contributed by atoms with Crippen LogP contribution in [-0.2, 0) is 0 Å². The number of nitrogens with one attached hydrogen (secondary N) is 1. The standard InChI is InChI=1S/C10H15BrN4/c1-15-4-2-8(3-5-15)14-10-6-9(11)12-7-13-10/h6-8H,2-5H2,1H3,(H,12,13,14). The van der Waals surface area contributed by atoms with Crippen LogP contribution in [0, 0.1) is 0 Å². The van der Waals surface area contributed by atoms with Crippen molar-refractivity contribution in [1.82, 2.24) is 14.9 Å². The van der Waals surface area contributed by atoms with Gasteiger partial charge in [0.05, 0.1) is 0 Å². The number of hydrogen-bond donors (Lipinski definition) is 1. The molecule has 0 atom stereocenters. The van der Waals surface area contributed by atoms with Crippen LogP contribution in [0.5, 0.6) is 0 Å². The molecule has 0 amide bonds. The predicted octanol–water partition coefficient (Wildman–Crippen LogP) is 1.75. The van der Waals surface area contributed by atoms with Crippen LogP contribution in [0.1, 0.15) is 12.8 Å². The fourth-order valence-electron chi connectivity index (χ4n) is 1.77. The fraction of sp³-hybridized carbons (Fsp3) is 0.600. The molecule has 15 heavy (non-hydrogen) atoms. The number of rotatable bonds is 2. The van der Waals surface area contributed by atoms with E-state index in [-0.39, 0.29) is 0 Å². The van der Waals surface area contributed by atoms with Crippen LogP contribution in [-0.4, -0.2) is 41.0 Å². The first-order valence-corrected chi connectivity index (χ1v) is 5.96. The summed E-state index contributed by atoms with van der Waals surface area (Å²) in [7, 11) is 2.16. The third-order valence-electron chi connectivity index (χ3n) is 2.70. The monoisotopic (exact) mass is 270 g/mol. The van der Waals surface area contributed by atoms with Crippen molar-refractivity contribution >= 4 is 21.7 Å². The molecule has 1 aromatic heterocycles. The molecule has 0 aliphatic carbocycles. The Kier molecular flexibility index (Phi) is 3.53. The zero-order valence-electron chi connectivity index (χ0n) is 8.78. The van der Waals surface area contributed by atoms with E-state index in [9.17, 15) is 0 Å². The highest BCUT2D eigenvalue weighted by Crippen LogP contribution is 2.15. The van der Waals surface area contributed by atoms with Gasteiger partial charge in [0.15, 0.2) is 0 Å². The molecule has 0 saturated carbocycles. The van der Waals surface area contributed by atoms with Crippen molar-refractivity contribution in [3.05, 3.63) is 17.0 Å². The summed E-state index contributed by atoms with van der Waals surface area (Å²) < 4.78 is 0.827. The summed E-state index contributed by atoms with van der Waals surface area (Å²) in [4.78, 5) is 10.5. The van der Waals surface area contributed by atoms with Gasteiger partial charge in [-0.2, -0.15) is 0 Å². The molecule has 1 aromatic rings. The zero-order chi connectivity index (χ0) is 10.7. The molecule has 0 spiro atoms. The number of aromatic nitrogens is 2. The largest absolute Gasteiger partial charge is 0.367 e. The van der Waals surface area contributed by atoms with Crippen molar-refractivity contribution in [3.8, 4) is 0 Å². The molecule has 0 bridgehead atoms. The third kappa shape index (κ3) is 3.14. The average Bonchev–Trinajstić information content (AvgIpc) is 2.22. The lowest BCUT2D eigenvalue weighted by Gasteiger charge is -2.29. The second-order valence-electron chi connectivity index (χ2n) is 3.95. The first kappa shape index (κ1) is 10.8. The minimum absolute atomic E-state index is 0.544. The molecule has 1 N–H and O–H groups in total. The van der Waals surface area contributed by atoms with Crippen LogP contribution < -0.4 is 5.32 Å². The highest BCUT2D eigenvalue weighted by molar-refractivity contribution is 9.10. The molecule has 1 aliphatic heterocycles. The molecule has 0 unspecified atom stereocenters. The van der Waals surface area contributed by atoms with Crippen LogP contribution in [0.4, 0.5) is 5.82 Å². The summed E-state index contributed by atoms with van der Waals surface area (Å²) in [5, 5.41) is 3.43. The van der Waals surface area contributed by atoms with Gasteiger partial charge < -0.3 is 10.2 Å². The van der Waals surface area contributed by atoms with Crippen molar-refractivity contribution in [2.24, 2.45) is 0 Å². The Morgan fingerprint density at radius 2 is 2.13 bits per heavy atom. The van der Waals surface area contributed by atoms with Gasteiger partial charge in [0.2, 0.25) is 0 Å². The summed E-state index contributed by atoms with van der Waals surface area (Å²) in [5.41, 5.74) is 0. The second kappa shape index (κ2) is 4.90. The molecule has 1 saturated heterocycles.